The van der Waals surface area contributed by atoms with Crippen LogP contribution in [0.2, 0.25) is 0 Å². The molecule has 0 radical (unpaired) electrons. The summed E-state index contributed by atoms with van der Waals surface area (Å²) in [5, 5.41) is 0.577. The summed E-state index contributed by atoms with van der Waals surface area (Å²) in [6.07, 6.45) is 0.748. The van der Waals surface area contributed by atoms with Crippen LogP contribution < -0.4 is 25.2 Å². The Morgan fingerprint density at radius 2 is 1.62 bits per heavy atom. The Hall–Kier alpha value is -3.81. The maximum absolute atomic E-state index is 13.8. The van der Waals surface area contributed by atoms with Crippen LogP contribution >= 0.6 is 0 Å². The first-order valence-corrected chi connectivity index (χ1v) is 11.1. The third kappa shape index (κ3) is 3.79. The Bertz CT molecular complexity index is 1480. The summed E-state index contributed by atoms with van der Waals surface area (Å²) in [6.45, 7) is 4.59. The molecule has 0 aliphatic heterocycles. The molecule has 0 spiro atoms. The smallest absolute Gasteiger partial charge is 0.267 e. The van der Waals surface area contributed by atoms with Gasteiger partial charge in [0.05, 0.1) is 26.8 Å². The lowest BCUT2D eigenvalue weighted by Gasteiger charge is -2.19. The van der Waals surface area contributed by atoms with Crippen molar-refractivity contribution in [3.8, 4) is 28.6 Å². The average Bonchev–Trinajstić information content (AvgIpc) is 2.84. The zero-order chi connectivity index (χ0) is 24.6. The lowest BCUT2D eigenvalue weighted by atomic mass is 10.1. The van der Waals surface area contributed by atoms with Crippen molar-refractivity contribution in [1.82, 2.24) is 14.1 Å². The summed E-state index contributed by atoms with van der Waals surface area (Å²) in [6, 6.07) is 10.8. The van der Waals surface area contributed by atoms with Crippen LogP contribution in [0.3, 0.4) is 0 Å². The predicted molar refractivity (Wildman–Crippen MR) is 133 cm³/mol. The number of para-hydroxylation sites is 1. The van der Waals surface area contributed by atoms with Gasteiger partial charge < -0.3 is 18.8 Å². The van der Waals surface area contributed by atoms with E-state index in [1.165, 1.54) is 21.3 Å². The highest BCUT2D eigenvalue weighted by molar-refractivity contribution is 5.92. The van der Waals surface area contributed by atoms with Gasteiger partial charge in [0, 0.05) is 24.5 Å². The van der Waals surface area contributed by atoms with E-state index in [9.17, 15) is 9.59 Å². The Balaban J connectivity index is 2.14. The van der Waals surface area contributed by atoms with Crippen molar-refractivity contribution in [2.45, 2.75) is 26.8 Å². The number of rotatable bonds is 7. The number of hydrogen-bond acceptors (Lipinski definition) is 6. The predicted octanol–water partition coefficient (Wildman–Crippen LogP) is 3.99. The van der Waals surface area contributed by atoms with Gasteiger partial charge in [-0.3, -0.25) is 14.2 Å². The molecule has 34 heavy (non-hydrogen) atoms. The molecule has 2 aromatic heterocycles. The van der Waals surface area contributed by atoms with Gasteiger partial charge in [0.2, 0.25) is 11.2 Å². The van der Waals surface area contributed by atoms with E-state index >= 15 is 0 Å². The highest BCUT2D eigenvalue weighted by atomic mass is 16.5. The topological polar surface area (TPSA) is 84.6 Å². The minimum Gasteiger partial charge on any atom is -0.493 e. The summed E-state index contributed by atoms with van der Waals surface area (Å²) >= 11 is 0. The normalized spacial score (nSPS) is 11.4. The largest absolute Gasteiger partial charge is 0.493 e. The number of hydrogen-bond donors (Lipinski definition) is 0. The molecule has 4 aromatic rings. The molecule has 0 amide bonds. The van der Waals surface area contributed by atoms with Crippen LogP contribution in [0.1, 0.15) is 20.3 Å². The molecule has 0 aliphatic carbocycles. The second-order valence-corrected chi connectivity index (χ2v) is 8.59. The van der Waals surface area contributed by atoms with Crippen molar-refractivity contribution in [1.29, 1.82) is 0 Å². The third-order valence-electron chi connectivity index (χ3n) is 6.06. The highest BCUT2D eigenvalue weighted by Gasteiger charge is 2.22. The molecular formula is C26H29N3O5. The summed E-state index contributed by atoms with van der Waals surface area (Å²) < 4.78 is 19.9. The Morgan fingerprint density at radius 1 is 0.971 bits per heavy atom. The number of ether oxygens (including phenoxy) is 3. The van der Waals surface area contributed by atoms with Crippen molar-refractivity contribution in [2.75, 3.05) is 21.3 Å². The van der Waals surface area contributed by atoms with Gasteiger partial charge in [0.15, 0.2) is 17.1 Å². The number of aromatic nitrogens is 3. The molecule has 8 heteroatoms. The second-order valence-electron chi connectivity index (χ2n) is 8.59. The summed E-state index contributed by atoms with van der Waals surface area (Å²) in [7, 11) is 6.43. The minimum atomic E-state index is -0.360. The molecule has 178 valence electrons. The summed E-state index contributed by atoms with van der Waals surface area (Å²) in [4.78, 5) is 32.0. The Kier molecular flexibility index (Phi) is 6.32. The van der Waals surface area contributed by atoms with Crippen molar-refractivity contribution < 1.29 is 14.2 Å². The van der Waals surface area contributed by atoms with Gasteiger partial charge in [-0.1, -0.05) is 26.0 Å². The number of benzene rings is 2. The van der Waals surface area contributed by atoms with Gasteiger partial charge in [0.1, 0.15) is 11.2 Å². The molecule has 2 heterocycles. The van der Waals surface area contributed by atoms with Crippen LogP contribution in [0.25, 0.3) is 33.3 Å². The first kappa shape index (κ1) is 23.4. The monoisotopic (exact) mass is 463 g/mol. The molecule has 0 aliphatic rings. The van der Waals surface area contributed by atoms with Crippen LogP contribution in [0.4, 0.5) is 0 Å². The van der Waals surface area contributed by atoms with Gasteiger partial charge in [-0.25, -0.2) is 4.98 Å². The molecule has 0 bridgehead atoms. The molecule has 0 unspecified atom stereocenters. The Morgan fingerprint density at radius 3 is 2.21 bits per heavy atom. The van der Waals surface area contributed by atoms with E-state index in [0.717, 1.165) is 6.42 Å². The molecule has 0 atom stereocenters. The molecular weight excluding hydrogens is 434 g/mol. The van der Waals surface area contributed by atoms with Gasteiger partial charge in [-0.2, -0.15) is 0 Å². The van der Waals surface area contributed by atoms with Gasteiger partial charge in [0.25, 0.3) is 5.56 Å². The van der Waals surface area contributed by atoms with Crippen molar-refractivity contribution in [3.63, 3.8) is 0 Å². The number of aryl methyl sites for hydroxylation is 1. The Labute approximate surface area is 197 Å². The molecule has 8 nitrogen and oxygen atoms in total. The highest BCUT2D eigenvalue weighted by Crippen LogP contribution is 2.41. The van der Waals surface area contributed by atoms with Crippen LogP contribution in [0.15, 0.2) is 46.0 Å². The first-order chi connectivity index (χ1) is 16.3. The van der Waals surface area contributed by atoms with E-state index < -0.39 is 0 Å². The molecule has 0 N–H and O–H groups in total. The fourth-order valence-electron chi connectivity index (χ4n) is 4.22. The standard InChI is InChI=1S/C26H29N3O5/c1-15(2)11-12-29-24(16-13-19(32-4)23(34-6)20(14-16)33-5)27-25-21(26(29)31)22(30)17-9-7-8-10-18(17)28(25)3/h7-10,13-15H,11-12H2,1-6H3. The minimum absolute atomic E-state index is 0.0844. The maximum Gasteiger partial charge on any atom is 0.267 e. The van der Waals surface area contributed by atoms with E-state index in [4.69, 9.17) is 19.2 Å². The van der Waals surface area contributed by atoms with Crippen LogP contribution in [0.5, 0.6) is 17.2 Å². The second kappa shape index (κ2) is 9.21. The molecule has 2 aromatic carbocycles. The van der Waals surface area contributed by atoms with Crippen LogP contribution in [-0.2, 0) is 13.6 Å². The zero-order valence-corrected chi connectivity index (χ0v) is 20.3. The lowest BCUT2D eigenvalue weighted by molar-refractivity contribution is 0.324. The van der Waals surface area contributed by atoms with Crippen molar-refractivity contribution >= 4 is 21.9 Å². The van der Waals surface area contributed by atoms with E-state index in [2.05, 4.69) is 13.8 Å². The summed E-state index contributed by atoms with van der Waals surface area (Å²) in [5.74, 6) is 2.14. The van der Waals surface area contributed by atoms with Crippen molar-refractivity contribution in [3.05, 3.63) is 57.0 Å². The fraction of sp³-hybridized carbons (Fsp3) is 0.346. The SMILES string of the molecule is COc1cc(-c2nc3c(c(=O)c4ccccc4n3C)c(=O)n2CCC(C)C)cc(OC)c1OC. The quantitative estimate of drug-likeness (QED) is 0.386. The van der Waals surface area contributed by atoms with Gasteiger partial charge >= 0.3 is 0 Å². The zero-order valence-electron chi connectivity index (χ0n) is 20.3. The lowest BCUT2D eigenvalue weighted by Crippen LogP contribution is -2.29. The van der Waals surface area contributed by atoms with Crippen LogP contribution in [-0.4, -0.2) is 35.4 Å². The number of fused-ring (bicyclic) bond motifs is 2. The van der Waals surface area contributed by atoms with Gasteiger partial charge in [-0.15, -0.1) is 0 Å². The fourth-order valence-corrected chi connectivity index (χ4v) is 4.22. The number of nitrogens with zero attached hydrogens (tertiary/aromatic N) is 3. The molecule has 0 fully saturated rings. The van der Waals surface area contributed by atoms with Crippen LogP contribution in [0, 0.1) is 5.92 Å². The average molecular weight is 464 g/mol. The number of pyridine rings is 1. The summed E-state index contributed by atoms with van der Waals surface area (Å²) in [5.41, 5.74) is 0.996. The van der Waals surface area contributed by atoms with E-state index in [1.54, 1.807) is 33.4 Å². The van der Waals surface area contributed by atoms with E-state index in [-0.39, 0.29) is 16.4 Å². The maximum atomic E-state index is 13.8. The van der Waals surface area contributed by atoms with Crippen molar-refractivity contribution in [2.24, 2.45) is 13.0 Å². The molecule has 0 saturated heterocycles. The van der Waals surface area contributed by atoms with Gasteiger partial charge in [-0.05, 0) is 36.6 Å². The first-order valence-electron chi connectivity index (χ1n) is 11.1. The molecule has 4 rings (SSSR count). The van der Waals surface area contributed by atoms with E-state index in [1.807, 2.05) is 19.2 Å². The number of methoxy groups -OCH3 is 3. The van der Waals surface area contributed by atoms with E-state index in [0.29, 0.717) is 57.6 Å². The molecule has 0 saturated carbocycles. The third-order valence-corrected chi connectivity index (χ3v) is 6.06.